The van der Waals surface area contributed by atoms with Gasteiger partial charge in [0, 0.05) is 31.0 Å². The van der Waals surface area contributed by atoms with Crippen LogP contribution >= 0.6 is 15.9 Å². The van der Waals surface area contributed by atoms with Crippen LogP contribution in [0.15, 0.2) is 76.8 Å². The molecule has 4 rings (SSSR count). The molecule has 1 saturated heterocycles. The molecule has 0 aliphatic carbocycles. The predicted molar refractivity (Wildman–Crippen MR) is 147 cm³/mol. The van der Waals surface area contributed by atoms with Gasteiger partial charge in [0.15, 0.2) is 0 Å². The number of amides is 1. The molecule has 1 aliphatic heterocycles. The van der Waals surface area contributed by atoms with Gasteiger partial charge in [-0.05, 0) is 75.4 Å². The fourth-order valence-corrected chi connectivity index (χ4v) is 4.90. The molecule has 7 heteroatoms. The minimum absolute atomic E-state index is 0.0473. The number of ketones is 1. The maximum Gasteiger partial charge on any atom is 0.300 e. The summed E-state index contributed by atoms with van der Waals surface area (Å²) in [6, 6.07) is 19.5. The lowest BCUT2D eigenvalue weighted by atomic mass is 9.93. The van der Waals surface area contributed by atoms with Gasteiger partial charge in [-0.2, -0.15) is 0 Å². The topological polar surface area (TPSA) is 70.1 Å². The third-order valence-corrected chi connectivity index (χ3v) is 7.05. The Kier molecular flexibility index (Phi) is 7.22. The fraction of sp³-hybridized carbons (Fsp3) is 0.241. The van der Waals surface area contributed by atoms with Gasteiger partial charge in [0.05, 0.1) is 23.2 Å². The number of ether oxygens (including phenoxy) is 1. The van der Waals surface area contributed by atoms with E-state index in [4.69, 9.17) is 4.74 Å². The van der Waals surface area contributed by atoms with E-state index in [2.05, 4.69) is 29.8 Å². The van der Waals surface area contributed by atoms with Crippen molar-refractivity contribution in [3.63, 3.8) is 0 Å². The number of benzene rings is 3. The average molecular weight is 549 g/mol. The van der Waals surface area contributed by atoms with Gasteiger partial charge in [-0.1, -0.05) is 38.1 Å². The summed E-state index contributed by atoms with van der Waals surface area (Å²) in [6.45, 7) is 4.21. The lowest BCUT2D eigenvalue weighted by molar-refractivity contribution is -0.132. The number of nitrogens with zero attached hydrogens (tertiary/aromatic N) is 2. The number of hydrogen-bond donors (Lipinski definition) is 1. The summed E-state index contributed by atoms with van der Waals surface area (Å²) >= 11 is 3.43. The molecule has 0 spiro atoms. The SMILES string of the molecule is COc1ccc(/C(O)=C2/C(=O)C(=O)N(c3ccc(N(C)C)cc3)C2c2ccc(C(C)C)cc2)cc1Br. The van der Waals surface area contributed by atoms with Crippen molar-refractivity contribution >= 4 is 44.8 Å². The van der Waals surface area contributed by atoms with Gasteiger partial charge in [0.1, 0.15) is 11.5 Å². The third kappa shape index (κ3) is 4.63. The van der Waals surface area contributed by atoms with Gasteiger partial charge in [-0.15, -0.1) is 0 Å². The molecule has 3 aromatic carbocycles. The number of Topliss-reactive ketones (excluding diaryl/α,β-unsaturated/α-hetero) is 1. The van der Waals surface area contributed by atoms with E-state index in [1.54, 1.807) is 25.3 Å². The number of carbonyl (C=O) groups excluding carboxylic acids is 2. The van der Waals surface area contributed by atoms with Crippen molar-refractivity contribution < 1.29 is 19.4 Å². The maximum absolute atomic E-state index is 13.4. The number of anilines is 2. The predicted octanol–water partition coefficient (Wildman–Crippen LogP) is 6.27. The second-order valence-electron chi connectivity index (χ2n) is 9.25. The van der Waals surface area contributed by atoms with Gasteiger partial charge in [0.2, 0.25) is 0 Å². The number of methoxy groups -OCH3 is 1. The first kappa shape index (κ1) is 25.5. The summed E-state index contributed by atoms with van der Waals surface area (Å²) in [7, 11) is 5.42. The minimum Gasteiger partial charge on any atom is -0.507 e. The summed E-state index contributed by atoms with van der Waals surface area (Å²) in [4.78, 5) is 30.2. The van der Waals surface area contributed by atoms with Crippen LogP contribution in [0.3, 0.4) is 0 Å². The molecule has 0 aromatic heterocycles. The number of halogens is 1. The number of rotatable bonds is 6. The molecule has 1 atom stereocenters. The zero-order chi connectivity index (χ0) is 26.1. The molecule has 186 valence electrons. The largest absolute Gasteiger partial charge is 0.507 e. The maximum atomic E-state index is 13.4. The van der Waals surface area contributed by atoms with Gasteiger partial charge in [0.25, 0.3) is 11.7 Å². The quantitative estimate of drug-likeness (QED) is 0.223. The van der Waals surface area contributed by atoms with E-state index < -0.39 is 17.7 Å². The lowest BCUT2D eigenvalue weighted by Crippen LogP contribution is -2.29. The van der Waals surface area contributed by atoms with Crippen molar-refractivity contribution in [3.05, 3.63) is 93.5 Å². The minimum atomic E-state index is -0.780. The van der Waals surface area contributed by atoms with Crippen LogP contribution in [-0.2, 0) is 9.59 Å². The van der Waals surface area contributed by atoms with Crippen molar-refractivity contribution in [3.8, 4) is 5.75 Å². The Bertz CT molecular complexity index is 1330. The number of aliphatic hydroxyl groups is 1. The van der Waals surface area contributed by atoms with Crippen molar-refractivity contribution in [2.24, 2.45) is 0 Å². The van der Waals surface area contributed by atoms with E-state index in [-0.39, 0.29) is 11.3 Å². The summed E-state index contributed by atoms with van der Waals surface area (Å²) in [5.74, 6) is -0.717. The molecule has 1 heterocycles. The smallest absolute Gasteiger partial charge is 0.300 e. The highest BCUT2D eigenvalue weighted by atomic mass is 79.9. The van der Waals surface area contributed by atoms with Crippen molar-refractivity contribution in [1.29, 1.82) is 0 Å². The van der Waals surface area contributed by atoms with Crippen LogP contribution in [0, 0.1) is 0 Å². The van der Waals surface area contributed by atoms with E-state index in [9.17, 15) is 14.7 Å². The Hall–Kier alpha value is -3.58. The van der Waals surface area contributed by atoms with Crippen LogP contribution < -0.4 is 14.5 Å². The third-order valence-electron chi connectivity index (χ3n) is 6.43. The van der Waals surface area contributed by atoms with Crippen LogP contribution in [0.5, 0.6) is 5.75 Å². The van der Waals surface area contributed by atoms with E-state index >= 15 is 0 Å². The Balaban J connectivity index is 1.90. The zero-order valence-corrected chi connectivity index (χ0v) is 22.5. The Morgan fingerprint density at radius 3 is 2.17 bits per heavy atom. The Morgan fingerprint density at radius 2 is 1.64 bits per heavy atom. The van der Waals surface area contributed by atoms with Gasteiger partial charge in [-0.25, -0.2) is 0 Å². The molecule has 6 nitrogen and oxygen atoms in total. The summed E-state index contributed by atoms with van der Waals surface area (Å²) < 4.78 is 5.91. The summed E-state index contributed by atoms with van der Waals surface area (Å²) in [5, 5.41) is 11.4. The van der Waals surface area contributed by atoms with Crippen molar-refractivity contribution in [2.45, 2.75) is 25.8 Å². The number of hydrogen-bond acceptors (Lipinski definition) is 5. The highest BCUT2D eigenvalue weighted by Crippen LogP contribution is 2.43. The molecular formula is C29H29BrN2O4. The van der Waals surface area contributed by atoms with E-state index in [1.807, 2.05) is 67.5 Å². The van der Waals surface area contributed by atoms with Crippen molar-refractivity contribution in [2.75, 3.05) is 31.0 Å². The van der Waals surface area contributed by atoms with Gasteiger partial charge in [-0.3, -0.25) is 14.5 Å². The molecule has 0 saturated carbocycles. The fourth-order valence-electron chi connectivity index (χ4n) is 4.36. The lowest BCUT2D eigenvalue weighted by Gasteiger charge is -2.26. The second-order valence-corrected chi connectivity index (χ2v) is 10.1. The highest BCUT2D eigenvalue weighted by molar-refractivity contribution is 9.10. The first-order chi connectivity index (χ1) is 17.1. The molecule has 36 heavy (non-hydrogen) atoms. The van der Waals surface area contributed by atoms with E-state index in [0.717, 1.165) is 16.8 Å². The molecule has 1 fully saturated rings. The normalized spacial score (nSPS) is 17.1. The Labute approximate surface area is 219 Å². The van der Waals surface area contributed by atoms with E-state index in [1.165, 1.54) is 4.90 Å². The van der Waals surface area contributed by atoms with Crippen LogP contribution in [-0.4, -0.2) is 38.0 Å². The Morgan fingerprint density at radius 1 is 1.00 bits per heavy atom. The van der Waals surface area contributed by atoms with Crippen LogP contribution in [0.2, 0.25) is 0 Å². The summed E-state index contributed by atoms with van der Waals surface area (Å²) in [6.07, 6.45) is 0. The molecule has 1 amide bonds. The molecule has 1 unspecified atom stereocenters. The molecule has 3 aromatic rings. The second kappa shape index (κ2) is 10.2. The standard InChI is InChI=1S/C29H29BrN2O4/c1-17(2)18-6-8-19(9-7-18)26-25(27(33)20-10-15-24(36-5)23(30)16-20)28(34)29(35)32(26)22-13-11-21(12-14-22)31(3)4/h6-17,26,33H,1-5H3/b27-25-. The monoisotopic (exact) mass is 548 g/mol. The first-order valence-electron chi connectivity index (χ1n) is 11.7. The molecule has 1 N–H and O–H groups in total. The van der Waals surface area contributed by atoms with E-state index in [0.29, 0.717) is 27.4 Å². The first-order valence-corrected chi connectivity index (χ1v) is 12.5. The van der Waals surface area contributed by atoms with Gasteiger partial charge < -0.3 is 14.7 Å². The van der Waals surface area contributed by atoms with Crippen LogP contribution in [0.4, 0.5) is 11.4 Å². The summed E-state index contributed by atoms with van der Waals surface area (Å²) in [5.41, 5.74) is 3.89. The average Bonchev–Trinajstić information content (AvgIpc) is 3.13. The highest BCUT2D eigenvalue weighted by Gasteiger charge is 2.47. The molecule has 0 bridgehead atoms. The number of aliphatic hydroxyl groups excluding tert-OH is 1. The van der Waals surface area contributed by atoms with Crippen LogP contribution in [0.25, 0.3) is 5.76 Å². The molecule has 0 radical (unpaired) electrons. The van der Waals surface area contributed by atoms with Gasteiger partial charge >= 0.3 is 0 Å². The van der Waals surface area contributed by atoms with Crippen LogP contribution in [0.1, 0.15) is 42.5 Å². The molecular weight excluding hydrogens is 520 g/mol. The number of carbonyl (C=O) groups is 2. The molecule has 1 aliphatic rings. The van der Waals surface area contributed by atoms with Crippen molar-refractivity contribution in [1.82, 2.24) is 0 Å². The zero-order valence-electron chi connectivity index (χ0n) is 20.9.